The van der Waals surface area contributed by atoms with E-state index in [9.17, 15) is 27.9 Å². The quantitative estimate of drug-likeness (QED) is 0.459. The summed E-state index contributed by atoms with van der Waals surface area (Å²) in [7, 11) is 0. The predicted octanol–water partition coefficient (Wildman–Crippen LogP) is 5.09. The summed E-state index contributed by atoms with van der Waals surface area (Å²) in [4.78, 5) is 32.3. The van der Waals surface area contributed by atoms with Crippen LogP contribution in [0.4, 0.5) is 13.2 Å². The summed E-state index contributed by atoms with van der Waals surface area (Å²) in [6.45, 7) is 0.986. The Kier molecular flexibility index (Phi) is 8.34. The van der Waals surface area contributed by atoms with Crippen molar-refractivity contribution in [2.45, 2.75) is 50.9 Å². The fourth-order valence-corrected chi connectivity index (χ4v) is 4.49. The monoisotopic (exact) mass is 533 g/mol. The highest BCUT2D eigenvalue weighted by Crippen LogP contribution is 2.24. The summed E-state index contributed by atoms with van der Waals surface area (Å²) in [6, 6.07) is 14.9. The number of hydrogen-bond acceptors (Lipinski definition) is 4. The molecule has 1 N–H and O–H groups in total. The molecule has 1 amide bonds. The Bertz CT molecular complexity index is 1300. The van der Waals surface area contributed by atoms with Gasteiger partial charge in [-0.2, -0.15) is 13.2 Å². The van der Waals surface area contributed by atoms with E-state index in [-0.39, 0.29) is 31.1 Å². The maximum atomic E-state index is 13.1. The highest BCUT2D eigenvalue weighted by atomic mass is 35.5. The lowest BCUT2D eigenvalue weighted by Crippen LogP contribution is -2.40. The molecule has 0 bridgehead atoms. The number of likely N-dealkylation sites (tertiary alicyclic amines) is 1. The molecule has 0 spiro atoms. The van der Waals surface area contributed by atoms with Crippen LogP contribution < -0.4 is 5.56 Å². The van der Waals surface area contributed by atoms with Gasteiger partial charge in [0, 0.05) is 48.1 Å². The Hall–Kier alpha value is -3.17. The van der Waals surface area contributed by atoms with Crippen LogP contribution in [0, 0.1) is 0 Å². The molecule has 1 aliphatic rings. The molecule has 6 nitrogen and oxygen atoms in total. The second-order valence-corrected chi connectivity index (χ2v) is 9.62. The Labute approximate surface area is 217 Å². The minimum absolute atomic E-state index is 0.0368. The number of aliphatic hydroxyl groups excluding tert-OH is 1. The number of benzene rings is 2. The van der Waals surface area contributed by atoms with Crippen molar-refractivity contribution in [3.8, 4) is 11.3 Å². The van der Waals surface area contributed by atoms with Crippen LogP contribution in [0.25, 0.3) is 11.3 Å². The zero-order valence-corrected chi connectivity index (χ0v) is 20.8. The van der Waals surface area contributed by atoms with E-state index in [1.54, 1.807) is 53.4 Å². The maximum absolute atomic E-state index is 13.1. The molecule has 1 saturated heterocycles. The molecule has 37 heavy (non-hydrogen) atoms. The van der Waals surface area contributed by atoms with Gasteiger partial charge in [0.2, 0.25) is 0 Å². The lowest BCUT2D eigenvalue weighted by molar-refractivity contribution is -0.135. The number of nitrogens with zero attached hydrogens (tertiary/aromatic N) is 3. The standard InChI is InChI=1S/C27H27ClF3N3O3/c28-21-8-6-19(7-9-21)23-16-25(36)34(24(32-23)5-2-12-27(29,30)31)17-18-3-1-4-20(15-18)26(37)33-13-10-22(35)11-14-33/h1,3-4,6-9,15-16,22,35H,2,5,10-14,17H2. The molecule has 1 aromatic heterocycles. The highest BCUT2D eigenvalue weighted by Gasteiger charge is 2.27. The van der Waals surface area contributed by atoms with Crippen molar-refractivity contribution in [2.75, 3.05) is 13.1 Å². The van der Waals surface area contributed by atoms with Crippen LogP contribution in [0.3, 0.4) is 0 Å². The maximum Gasteiger partial charge on any atom is 0.389 e. The van der Waals surface area contributed by atoms with Gasteiger partial charge in [0.15, 0.2) is 0 Å². The van der Waals surface area contributed by atoms with E-state index in [2.05, 4.69) is 4.98 Å². The van der Waals surface area contributed by atoms with E-state index in [4.69, 9.17) is 11.6 Å². The summed E-state index contributed by atoms with van der Waals surface area (Å²) in [5.74, 6) is 0.0751. The van der Waals surface area contributed by atoms with Gasteiger partial charge < -0.3 is 10.0 Å². The molecule has 1 fully saturated rings. The van der Waals surface area contributed by atoms with E-state index in [1.165, 1.54) is 10.6 Å². The molecule has 0 saturated carbocycles. The van der Waals surface area contributed by atoms with E-state index in [1.807, 2.05) is 0 Å². The molecule has 2 heterocycles. The topological polar surface area (TPSA) is 75.4 Å². The van der Waals surface area contributed by atoms with Crippen molar-refractivity contribution in [2.24, 2.45) is 0 Å². The molecule has 1 aliphatic heterocycles. The number of rotatable bonds is 7. The molecule has 2 aromatic carbocycles. The number of halogens is 4. The lowest BCUT2D eigenvalue weighted by Gasteiger charge is -2.29. The predicted molar refractivity (Wildman–Crippen MR) is 135 cm³/mol. The first-order chi connectivity index (χ1) is 17.6. The van der Waals surface area contributed by atoms with Gasteiger partial charge in [-0.05, 0) is 49.1 Å². The van der Waals surface area contributed by atoms with Gasteiger partial charge in [0.25, 0.3) is 11.5 Å². The van der Waals surface area contributed by atoms with Crippen LogP contribution in [-0.4, -0.2) is 50.8 Å². The van der Waals surface area contributed by atoms with Crippen LogP contribution in [-0.2, 0) is 13.0 Å². The third kappa shape index (κ3) is 7.20. The first-order valence-electron chi connectivity index (χ1n) is 12.1. The van der Waals surface area contributed by atoms with Crippen molar-refractivity contribution >= 4 is 17.5 Å². The number of carbonyl (C=O) groups excluding carboxylic acids is 1. The number of aromatic nitrogens is 2. The van der Waals surface area contributed by atoms with Crippen LogP contribution in [0.15, 0.2) is 59.4 Å². The highest BCUT2D eigenvalue weighted by molar-refractivity contribution is 6.30. The van der Waals surface area contributed by atoms with Crippen molar-refractivity contribution in [3.05, 3.63) is 86.9 Å². The summed E-state index contributed by atoms with van der Waals surface area (Å²) in [5.41, 5.74) is 1.69. The molecule has 0 unspecified atom stereocenters. The first-order valence-corrected chi connectivity index (χ1v) is 12.5. The normalized spacial score (nSPS) is 14.7. The van der Waals surface area contributed by atoms with E-state index in [0.29, 0.717) is 53.3 Å². The van der Waals surface area contributed by atoms with Crippen LogP contribution in [0.1, 0.15) is 47.4 Å². The molecule has 0 atom stereocenters. The first kappa shape index (κ1) is 26.9. The van der Waals surface area contributed by atoms with E-state index >= 15 is 0 Å². The third-order valence-corrected chi connectivity index (χ3v) is 6.61. The number of amides is 1. The lowest BCUT2D eigenvalue weighted by atomic mass is 10.1. The molecule has 10 heteroatoms. The number of carbonyl (C=O) groups is 1. The molecule has 0 radical (unpaired) electrons. The van der Waals surface area contributed by atoms with Gasteiger partial charge in [-0.15, -0.1) is 0 Å². The summed E-state index contributed by atoms with van der Waals surface area (Å²) >= 11 is 5.95. The van der Waals surface area contributed by atoms with Crippen LogP contribution in [0.5, 0.6) is 0 Å². The van der Waals surface area contributed by atoms with Gasteiger partial charge in [-0.25, -0.2) is 4.98 Å². The Morgan fingerprint density at radius 2 is 1.78 bits per heavy atom. The molecule has 4 rings (SSSR count). The summed E-state index contributed by atoms with van der Waals surface area (Å²) in [5, 5.41) is 10.2. The van der Waals surface area contributed by atoms with Crippen LogP contribution in [0.2, 0.25) is 5.02 Å². The van der Waals surface area contributed by atoms with Gasteiger partial charge in [0.1, 0.15) is 5.82 Å². The fourth-order valence-electron chi connectivity index (χ4n) is 4.37. The molecule has 3 aromatic rings. The Morgan fingerprint density at radius 3 is 2.46 bits per heavy atom. The second-order valence-electron chi connectivity index (χ2n) is 9.18. The van der Waals surface area contributed by atoms with Crippen molar-refractivity contribution < 1.29 is 23.1 Å². The number of aryl methyl sites for hydroxylation is 1. The van der Waals surface area contributed by atoms with Gasteiger partial charge in [-0.3, -0.25) is 14.2 Å². The minimum atomic E-state index is -4.31. The number of aliphatic hydroxyl groups is 1. The molecule has 196 valence electrons. The fraction of sp³-hybridized carbons (Fsp3) is 0.370. The van der Waals surface area contributed by atoms with E-state index in [0.717, 1.165) is 0 Å². The average molecular weight is 534 g/mol. The number of alkyl halides is 3. The Balaban J connectivity index is 1.62. The van der Waals surface area contributed by atoms with Crippen molar-refractivity contribution in [1.29, 1.82) is 0 Å². The molecular weight excluding hydrogens is 507 g/mol. The van der Waals surface area contributed by atoms with Crippen molar-refractivity contribution in [3.63, 3.8) is 0 Å². The van der Waals surface area contributed by atoms with Crippen molar-refractivity contribution in [1.82, 2.24) is 14.5 Å². The molecule has 0 aliphatic carbocycles. The zero-order valence-electron chi connectivity index (χ0n) is 20.0. The van der Waals surface area contributed by atoms with Gasteiger partial charge in [-0.1, -0.05) is 35.9 Å². The average Bonchev–Trinajstić information content (AvgIpc) is 2.86. The summed E-state index contributed by atoms with van der Waals surface area (Å²) < 4.78 is 39.8. The number of piperidine rings is 1. The summed E-state index contributed by atoms with van der Waals surface area (Å²) in [6.07, 6.45) is -4.90. The van der Waals surface area contributed by atoms with Gasteiger partial charge in [0.05, 0.1) is 18.3 Å². The van der Waals surface area contributed by atoms with Crippen LogP contribution >= 0.6 is 11.6 Å². The SMILES string of the molecule is O=C(c1cccc(Cn2c(CCCC(F)(F)F)nc(-c3ccc(Cl)cc3)cc2=O)c1)N1CCC(O)CC1. The number of hydrogen-bond donors (Lipinski definition) is 1. The third-order valence-electron chi connectivity index (χ3n) is 6.35. The van der Waals surface area contributed by atoms with E-state index < -0.39 is 24.3 Å². The second kappa shape index (κ2) is 11.5. The van der Waals surface area contributed by atoms with Gasteiger partial charge >= 0.3 is 6.18 Å². The zero-order chi connectivity index (χ0) is 26.6. The smallest absolute Gasteiger partial charge is 0.389 e. The minimum Gasteiger partial charge on any atom is -0.393 e. The Morgan fingerprint density at radius 1 is 1.08 bits per heavy atom. The largest absolute Gasteiger partial charge is 0.393 e. The molecular formula is C27H27ClF3N3O3.